The van der Waals surface area contributed by atoms with Gasteiger partial charge < -0.3 is 19.8 Å². The molecule has 0 saturated heterocycles. The normalized spacial score (nSPS) is 10.6. The van der Waals surface area contributed by atoms with Gasteiger partial charge in [0.25, 0.3) is 0 Å². The third-order valence-corrected chi connectivity index (χ3v) is 2.27. The highest BCUT2D eigenvalue weighted by Gasteiger charge is 2.05. The standard InChI is InChI=1S/C11H16N6O2/c1-18-6-5-12-8-10-16-17-11(19-10)13-7-9-3-2-4-14-15-9/h2-4,12H,5-8H2,1H3,(H,13,17). The Bertz CT molecular complexity index is 475. The molecule has 0 atom stereocenters. The topological polar surface area (TPSA) is 98.0 Å². The summed E-state index contributed by atoms with van der Waals surface area (Å²) < 4.78 is 10.3. The minimum Gasteiger partial charge on any atom is -0.407 e. The molecule has 0 aromatic carbocycles. The second-order valence-corrected chi connectivity index (χ2v) is 3.74. The van der Waals surface area contributed by atoms with Gasteiger partial charge in [0.05, 0.1) is 25.4 Å². The molecule has 8 nitrogen and oxygen atoms in total. The van der Waals surface area contributed by atoms with E-state index < -0.39 is 0 Å². The molecule has 0 aliphatic rings. The van der Waals surface area contributed by atoms with Gasteiger partial charge in [-0.25, -0.2) is 0 Å². The quantitative estimate of drug-likeness (QED) is 0.653. The molecule has 0 amide bonds. The summed E-state index contributed by atoms with van der Waals surface area (Å²) >= 11 is 0. The molecule has 2 heterocycles. The number of aromatic nitrogens is 4. The van der Waals surface area contributed by atoms with Crippen molar-refractivity contribution in [1.82, 2.24) is 25.7 Å². The Morgan fingerprint density at radius 2 is 2.21 bits per heavy atom. The molecule has 0 fully saturated rings. The van der Waals surface area contributed by atoms with Gasteiger partial charge in [0.2, 0.25) is 5.89 Å². The molecule has 0 bridgehead atoms. The van der Waals surface area contributed by atoms with Crippen LogP contribution >= 0.6 is 0 Å². The van der Waals surface area contributed by atoms with Crippen LogP contribution in [0.25, 0.3) is 0 Å². The summed E-state index contributed by atoms with van der Waals surface area (Å²) in [4.78, 5) is 0. The van der Waals surface area contributed by atoms with Gasteiger partial charge in [0, 0.05) is 19.9 Å². The molecule has 102 valence electrons. The van der Waals surface area contributed by atoms with E-state index in [1.54, 1.807) is 13.3 Å². The predicted molar refractivity (Wildman–Crippen MR) is 67.2 cm³/mol. The Labute approximate surface area is 110 Å². The van der Waals surface area contributed by atoms with E-state index in [0.717, 1.165) is 12.2 Å². The Hall–Kier alpha value is -2.06. The fourth-order valence-corrected chi connectivity index (χ4v) is 1.36. The maximum absolute atomic E-state index is 5.40. The van der Waals surface area contributed by atoms with Crippen LogP contribution in [0.4, 0.5) is 6.01 Å². The summed E-state index contributed by atoms with van der Waals surface area (Å²) in [5, 5.41) is 21.6. The molecule has 19 heavy (non-hydrogen) atoms. The Morgan fingerprint density at radius 3 is 3.00 bits per heavy atom. The van der Waals surface area contributed by atoms with Crippen molar-refractivity contribution in [3.63, 3.8) is 0 Å². The zero-order valence-electron chi connectivity index (χ0n) is 10.7. The maximum atomic E-state index is 5.40. The zero-order chi connectivity index (χ0) is 13.3. The molecule has 0 spiro atoms. The van der Waals surface area contributed by atoms with Gasteiger partial charge >= 0.3 is 6.01 Å². The number of hydrogen-bond acceptors (Lipinski definition) is 8. The van der Waals surface area contributed by atoms with Gasteiger partial charge in [-0.15, -0.1) is 5.10 Å². The lowest BCUT2D eigenvalue weighted by molar-refractivity contribution is 0.198. The third-order valence-electron chi connectivity index (χ3n) is 2.27. The average molecular weight is 264 g/mol. The second kappa shape index (κ2) is 7.39. The van der Waals surface area contributed by atoms with Crippen LogP contribution < -0.4 is 10.6 Å². The van der Waals surface area contributed by atoms with Gasteiger partial charge in [-0.3, -0.25) is 0 Å². The van der Waals surface area contributed by atoms with Gasteiger partial charge in [-0.1, -0.05) is 5.10 Å². The van der Waals surface area contributed by atoms with Crippen molar-refractivity contribution in [2.24, 2.45) is 0 Å². The Kier molecular flexibility index (Phi) is 5.20. The Balaban J connectivity index is 1.74. The molecule has 0 aliphatic heterocycles. The molecular formula is C11H16N6O2. The van der Waals surface area contributed by atoms with E-state index in [4.69, 9.17) is 9.15 Å². The van der Waals surface area contributed by atoms with Crippen molar-refractivity contribution in [2.75, 3.05) is 25.6 Å². The lowest BCUT2D eigenvalue weighted by Crippen LogP contribution is -2.18. The molecule has 2 N–H and O–H groups in total. The van der Waals surface area contributed by atoms with E-state index >= 15 is 0 Å². The zero-order valence-corrected chi connectivity index (χ0v) is 10.7. The summed E-state index contributed by atoms with van der Waals surface area (Å²) in [6.07, 6.45) is 1.62. The smallest absolute Gasteiger partial charge is 0.315 e. The van der Waals surface area contributed by atoms with Crippen LogP contribution in [0, 0.1) is 0 Å². The van der Waals surface area contributed by atoms with Gasteiger partial charge in [0.15, 0.2) is 0 Å². The molecule has 0 saturated carbocycles. The number of methoxy groups -OCH3 is 1. The summed E-state index contributed by atoms with van der Waals surface area (Å²) in [5.41, 5.74) is 0.806. The number of nitrogens with zero attached hydrogens (tertiary/aromatic N) is 4. The lowest BCUT2D eigenvalue weighted by atomic mass is 10.4. The van der Waals surface area contributed by atoms with E-state index in [1.165, 1.54) is 0 Å². The van der Waals surface area contributed by atoms with Crippen LogP contribution in [0.2, 0.25) is 0 Å². The first-order chi connectivity index (χ1) is 9.38. The highest BCUT2D eigenvalue weighted by molar-refractivity contribution is 5.19. The SMILES string of the molecule is COCCNCc1nnc(NCc2cccnn2)o1. The van der Waals surface area contributed by atoms with Crippen molar-refractivity contribution >= 4 is 6.01 Å². The maximum Gasteiger partial charge on any atom is 0.315 e. The molecule has 8 heteroatoms. The molecule has 0 unspecified atom stereocenters. The van der Waals surface area contributed by atoms with Crippen LogP contribution in [-0.4, -0.2) is 40.7 Å². The molecule has 0 aliphatic carbocycles. The van der Waals surface area contributed by atoms with Gasteiger partial charge in [-0.05, 0) is 12.1 Å². The predicted octanol–water partition coefficient (Wildman–Crippen LogP) is 0.208. The van der Waals surface area contributed by atoms with Crippen molar-refractivity contribution in [3.8, 4) is 0 Å². The van der Waals surface area contributed by atoms with Crippen molar-refractivity contribution in [1.29, 1.82) is 0 Å². The molecule has 2 rings (SSSR count). The van der Waals surface area contributed by atoms with E-state index in [9.17, 15) is 0 Å². The fourth-order valence-electron chi connectivity index (χ4n) is 1.36. The first kappa shape index (κ1) is 13.4. The van der Waals surface area contributed by atoms with Gasteiger partial charge in [0.1, 0.15) is 0 Å². The van der Waals surface area contributed by atoms with Crippen molar-refractivity contribution < 1.29 is 9.15 Å². The fraction of sp³-hybridized carbons (Fsp3) is 0.455. The highest BCUT2D eigenvalue weighted by atomic mass is 16.5. The number of nitrogens with one attached hydrogen (secondary N) is 2. The molecular weight excluding hydrogens is 248 g/mol. The van der Waals surface area contributed by atoms with Crippen LogP contribution in [0.15, 0.2) is 22.7 Å². The number of hydrogen-bond donors (Lipinski definition) is 2. The minimum absolute atomic E-state index is 0.370. The van der Waals surface area contributed by atoms with Crippen molar-refractivity contribution in [3.05, 3.63) is 29.9 Å². The third kappa shape index (κ3) is 4.60. The van der Waals surface area contributed by atoms with Crippen molar-refractivity contribution in [2.45, 2.75) is 13.1 Å². The minimum atomic E-state index is 0.370. The van der Waals surface area contributed by atoms with Gasteiger partial charge in [-0.2, -0.15) is 10.2 Å². The lowest BCUT2D eigenvalue weighted by Gasteiger charge is -2.00. The Morgan fingerprint density at radius 1 is 1.26 bits per heavy atom. The van der Waals surface area contributed by atoms with Crippen LogP contribution in [0.5, 0.6) is 0 Å². The van der Waals surface area contributed by atoms with Crippen LogP contribution in [0.1, 0.15) is 11.6 Å². The molecule has 0 radical (unpaired) electrons. The van der Waals surface area contributed by atoms with E-state index in [1.807, 2.05) is 12.1 Å². The van der Waals surface area contributed by atoms with Crippen LogP contribution in [-0.2, 0) is 17.8 Å². The molecule has 2 aromatic rings. The largest absolute Gasteiger partial charge is 0.407 e. The van der Waals surface area contributed by atoms with E-state index in [2.05, 4.69) is 31.0 Å². The summed E-state index contributed by atoms with van der Waals surface area (Å²) in [7, 11) is 1.66. The summed E-state index contributed by atoms with van der Waals surface area (Å²) in [5.74, 6) is 0.526. The number of rotatable bonds is 8. The average Bonchev–Trinajstić information content (AvgIpc) is 2.91. The highest BCUT2D eigenvalue weighted by Crippen LogP contribution is 2.06. The monoisotopic (exact) mass is 264 g/mol. The first-order valence-electron chi connectivity index (χ1n) is 5.91. The molecule has 2 aromatic heterocycles. The van der Waals surface area contributed by atoms with Crippen LogP contribution in [0.3, 0.4) is 0 Å². The van der Waals surface area contributed by atoms with E-state index in [0.29, 0.717) is 31.6 Å². The van der Waals surface area contributed by atoms with E-state index in [-0.39, 0.29) is 0 Å². The second-order valence-electron chi connectivity index (χ2n) is 3.74. The summed E-state index contributed by atoms with van der Waals surface area (Å²) in [6, 6.07) is 4.06. The number of ether oxygens (including phenoxy) is 1. The number of anilines is 1. The summed E-state index contributed by atoms with van der Waals surface area (Å²) in [6.45, 7) is 2.39. The first-order valence-corrected chi connectivity index (χ1v) is 5.91.